The van der Waals surface area contributed by atoms with Crippen LogP contribution in [0.3, 0.4) is 0 Å². The van der Waals surface area contributed by atoms with Crippen molar-refractivity contribution in [3.05, 3.63) is 60.1 Å². The standard InChI is InChI=1S/C20H24N2O3/c23-20(18-11-17(18)19-7-4-9-25-19)21-12-16-14-22(8-10-24-16)13-15-5-2-1-3-6-15/h1-7,9,16-18H,8,10-14H2,(H,21,23)/t16-,17-,18+/m1/s1. The molecule has 1 N–H and O–H groups in total. The van der Waals surface area contributed by atoms with Gasteiger partial charge in [-0.2, -0.15) is 0 Å². The van der Waals surface area contributed by atoms with Gasteiger partial charge in [0.25, 0.3) is 0 Å². The second-order valence-electron chi connectivity index (χ2n) is 6.92. The lowest BCUT2D eigenvalue weighted by Gasteiger charge is -2.33. The van der Waals surface area contributed by atoms with Gasteiger partial charge in [-0.15, -0.1) is 0 Å². The first-order valence-electron chi connectivity index (χ1n) is 8.98. The van der Waals surface area contributed by atoms with Gasteiger partial charge >= 0.3 is 0 Å². The SMILES string of the molecule is O=C(NC[C@@H]1CN(Cc2ccccc2)CCO1)[C@H]1C[C@H]1c1ccco1. The number of hydrogen-bond donors (Lipinski definition) is 1. The highest BCUT2D eigenvalue weighted by molar-refractivity contribution is 5.82. The zero-order valence-corrected chi connectivity index (χ0v) is 14.3. The molecule has 5 heteroatoms. The molecule has 0 unspecified atom stereocenters. The molecule has 1 saturated carbocycles. The Morgan fingerprint density at radius 3 is 2.88 bits per heavy atom. The third kappa shape index (κ3) is 4.11. The van der Waals surface area contributed by atoms with Crippen LogP contribution in [0.5, 0.6) is 0 Å². The van der Waals surface area contributed by atoms with E-state index in [9.17, 15) is 4.79 Å². The predicted molar refractivity (Wildman–Crippen MR) is 94.0 cm³/mol. The molecule has 5 nitrogen and oxygen atoms in total. The molecule has 1 saturated heterocycles. The molecule has 1 aliphatic carbocycles. The van der Waals surface area contributed by atoms with E-state index >= 15 is 0 Å². The zero-order chi connectivity index (χ0) is 17.1. The molecule has 1 aliphatic heterocycles. The molecule has 2 aromatic rings. The number of carbonyl (C=O) groups excluding carboxylic acids is 1. The molecule has 25 heavy (non-hydrogen) atoms. The van der Waals surface area contributed by atoms with E-state index in [-0.39, 0.29) is 23.8 Å². The summed E-state index contributed by atoms with van der Waals surface area (Å²) in [5, 5.41) is 3.06. The lowest BCUT2D eigenvalue weighted by molar-refractivity contribution is -0.123. The van der Waals surface area contributed by atoms with Gasteiger partial charge in [0.05, 0.1) is 19.0 Å². The molecule has 3 atom stereocenters. The van der Waals surface area contributed by atoms with E-state index in [1.807, 2.05) is 18.2 Å². The van der Waals surface area contributed by atoms with Gasteiger partial charge in [0.15, 0.2) is 0 Å². The molecule has 0 radical (unpaired) electrons. The Bertz CT molecular complexity index is 686. The number of morpholine rings is 1. The molecule has 4 rings (SSSR count). The quantitative estimate of drug-likeness (QED) is 0.877. The molecule has 2 fully saturated rings. The van der Waals surface area contributed by atoms with E-state index < -0.39 is 0 Å². The number of ether oxygens (including phenoxy) is 1. The Hall–Kier alpha value is -2.11. The van der Waals surface area contributed by atoms with Crippen LogP contribution in [0.4, 0.5) is 0 Å². The first-order valence-corrected chi connectivity index (χ1v) is 8.98. The molecule has 1 aromatic heterocycles. The Morgan fingerprint density at radius 2 is 2.08 bits per heavy atom. The van der Waals surface area contributed by atoms with Crippen molar-refractivity contribution in [3.8, 4) is 0 Å². The Morgan fingerprint density at radius 1 is 1.20 bits per heavy atom. The molecular weight excluding hydrogens is 316 g/mol. The van der Waals surface area contributed by atoms with Crippen LogP contribution in [0.25, 0.3) is 0 Å². The largest absolute Gasteiger partial charge is 0.469 e. The molecule has 2 aliphatic rings. The van der Waals surface area contributed by atoms with Crippen molar-refractivity contribution in [3.63, 3.8) is 0 Å². The van der Waals surface area contributed by atoms with E-state index in [2.05, 4.69) is 34.5 Å². The number of furan rings is 1. The maximum absolute atomic E-state index is 12.3. The number of nitrogens with one attached hydrogen (secondary N) is 1. The van der Waals surface area contributed by atoms with Crippen LogP contribution in [0.15, 0.2) is 53.1 Å². The van der Waals surface area contributed by atoms with E-state index in [0.717, 1.165) is 31.8 Å². The van der Waals surface area contributed by atoms with Crippen molar-refractivity contribution in [2.24, 2.45) is 5.92 Å². The molecule has 0 bridgehead atoms. The van der Waals surface area contributed by atoms with E-state index in [1.165, 1.54) is 5.56 Å². The molecule has 1 amide bonds. The number of carbonyl (C=O) groups is 1. The van der Waals surface area contributed by atoms with Gasteiger partial charge < -0.3 is 14.5 Å². The highest BCUT2D eigenvalue weighted by Gasteiger charge is 2.45. The fourth-order valence-electron chi connectivity index (χ4n) is 3.54. The highest BCUT2D eigenvalue weighted by atomic mass is 16.5. The first-order chi connectivity index (χ1) is 12.3. The van der Waals surface area contributed by atoms with Crippen molar-refractivity contribution in [2.45, 2.75) is 25.0 Å². The Labute approximate surface area is 148 Å². The maximum atomic E-state index is 12.3. The second-order valence-corrected chi connectivity index (χ2v) is 6.92. The Balaban J connectivity index is 1.22. The van der Waals surface area contributed by atoms with Crippen LogP contribution in [-0.2, 0) is 16.1 Å². The van der Waals surface area contributed by atoms with E-state index in [1.54, 1.807) is 6.26 Å². The summed E-state index contributed by atoms with van der Waals surface area (Å²) in [6.07, 6.45) is 2.60. The number of benzene rings is 1. The summed E-state index contributed by atoms with van der Waals surface area (Å²) in [7, 11) is 0. The molecule has 1 aromatic carbocycles. The molecule has 0 spiro atoms. The van der Waals surface area contributed by atoms with Crippen LogP contribution in [-0.4, -0.2) is 43.2 Å². The lowest BCUT2D eigenvalue weighted by Crippen LogP contribution is -2.47. The number of nitrogens with zero attached hydrogens (tertiary/aromatic N) is 1. The summed E-state index contributed by atoms with van der Waals surface area (Å²) in [6, 6.07) is 14.3. The summed E-state index contributed by atoms with van der Waals surface area (Å²) in [4.78, 5) is 14.7. The zero-order valence-electron chi connectivity index (χ0n) is 14.3. The van der Waals surface area contributed by atoms with Gasteiger partial charge in [0, 0.05) is 38.0 Å². The normalized spacial score (nSPS) is 26.3. The fourth-order valence-corrected chi connectivity index (χ4v) is 3.54. The lowest BCUT2D eigenvalue weighted by atomic mass is 10.2. The minimum absolute atomic E-state index is 0.0511. The summed E-state index contributed by atoms with van der Waals surface area (Å²) < 4.78 is 11.2. The molecule has 2 heterocycles. The van der Waals surface area contributed by atoms with Crippen LogP contribution < -0.4 is 5.32 Å². The average Bonchev–Trinajstić information content (AvgIpc) is 3.26. The third-order valence-electron chi connectivity index (χ3n) is 5.01. The molecular formula is C20H24N2O3. The summed E-state index contributed by atoms with van der Waals surface area (Å²) in [5.41, 5.74) is 1.31. The smallest absolute Gasteiger partial charge is 0.223 e. The van der Waals surface area contributed by atoms with Gasteiger partial charge in [0.1, 0.15) is 5.76 Å². The van der Waals surface area contributed by atoms with Gasteiger partial charge in [-0.25, -0.2) is 0 Å². The summed E-state index contributed by atoms with van der Waals surface area (Å²) >= 11 is 0. The van der Waals surface area contributed by atoms with Crippen molar-refractivity contribution in [1.82, 2.24) is 10.2 Å². The van der Waals surface area contributed by atoms with Gasteiger partial charge in [-0.3, -0.25) is 9.69 Å². The maximum Gasteiger partial charge on any atom is 0.223 e. The predicted octanol–water partition coefficient (Wildman–Crippen LogP) is 2.40. The third-order valence-corrected chi connectivity index (χ3v) is 5.01. The highest BCUT2D eigenvalue weighted by Crippen LogP contribution is 2.47. The van der Waals surface area contributed by atoms with Crippen molar-refractivity contribution in [1.29, 1.82) is 0 Å². The van der Waals surface area contributed by atoms with E-state index in [4.69, 9.17) is 9.15 Å². The monoisotopic (exact) mass is 340 g/mol. The second kappa shape index (κ2) is 7.42. The average molecular weight is 340 g/mol. The number of rotatable bonds is 6. The van der Waals surface area contributed by atoms with Crippen molar-refractivity contribution in [2.75, 3.05) is 26.2 Å². The summed E-state index contributed by atoms with van der Waals surface area (Å²) in [6.45, 7) is 4.00. The minimum Gasteiger partial charge on any atom is -0.469 e. The van der Waals surface area contributed by atoms with E-state index in [0.29, 0.717) is 13.2 Å². The topological polar surface area (TPSA) is 54.7 Å². The number of amides is 1. The van der Waals surface area contributed by atoms with Crippen LogP contribution in [0.1, 0.15) is 23.7 Å². The van der Waals surface area contributed by atoms with Gasteiger partial charge in [-0.1, -0.05) is 30.3 Å². The van der Waals surface area contributed by atoms with Crippen LogP contribution >= 0.6 is 0 Å². The van der Waals surface area contributed by atoms with Crippen molar-refractivity contribution < 1.29 is 13.9 Å². The van der Waals surface area contributed by atoms with Crippen LogP contribution in [0.2, 0.25) is 0 Å². The van der Waals surface area contributed by atoms with Gasteiger partial charge in [-0.05, 0) is 24.1 Å². The minimum atomic E-state index is 0.0511. The number of hydrogen-bond acceptors (Lipinski definition) is 4. The van der Waals surface area contributed by atoms with Gasteiger partial charge in [0.2, 0.25) is 5.91 Å². The molecule has 132 valence electrons. The fraction of sp³-hybridized carbons (Fsp3) is 0.450. The first kappa shape index (κ1) is 16.4. The Kier molecular flexibility index (Phi) is 4.85. The van der Waals surface area contributed by atoms with Crippen LogP contribution in [0, 0.1) is 5.92 Å². The summed E-state index contributed by atoms with van der Waals surface area (Å²) in [5.74, 6) is 1.33. The van der Waals surface area contributed by atoms with Crippen molar-refractivity contribution >= 4 is 5.91 Å².